The molecule has 3 nitrogen and oxygen atoms in total. The molecule has 0 heterocycles. The number of halogens is 12. The zero-order chi connectivity index (χ0) is 29.8. The number of benzene rings is 3. The van der Waals surface area contributed by atoms with E-state index in [1.807, 2.05) is 0 Å². The van der Waals surface area contributed by atoms with Crippen LogP contribution in [-0.2, 0) is 34.8 Å². The second-order valence-electron chi connectivity index (χ2n) is 7.84. The third-order valence-corrected chi connectivity index (χ3v) is 8.23. The summed E-state index contributed by atoms with van der Waals surface area (Å²) in [4.78, 5) is -0.960. The van der Waals surface area contributed by atoms with Crippen LogP contribution in [0.2, 0.25) is 0 Å². The van der Waals surface area contributed by atoms with Gasteiger partial charge in [0.15, 0.2) is 0 Å². The van der Waals surface area contributed by atoms with E-state index in [1.54, 1.807) is 0 Å². The molecule has 0 aromatic heterocycles. The van der Waals surface area contributed by atoms with E-state index in [2.05, 4.69) is 0 Å². The van der Waals surface area contributed by atoms with Gasteiger partial charge in [0.05, 0.1) is 27.1 Å². The van der Waals surface area contributed by atoms with Crippen molar-refractivity contribution in [1.29, 1.82) is 0 Å². The van der Waals surface area contributed by atoms with E-state index >= 15 is 0 Å². The quantitative estimate of drug-likeness (QED) is 0.162. The molecule has 3 rings (SSSR count). The molecule has 0 unspecified atom stereocenters. The van der Waals surface area contributed by atoms with Crippen LogP contribution in [0.5, 0.6) is 0 Å². The maximum atomic E-state index is 13.5. The van der Waals surface area contributed by atoms with E-state index in [9.17, 15) is 65.7 Å². The Kier molecular flexibility index (Phi) is 9.83. The van der Waals surface area contributed by atoms with Crippen molar-refractivity contribution in [1.82, 2.24) is 0 Å². The summed E-state index contributed by atoms with van der Waals surface area (Å²) in [6.45, 7) is 0. The van der Waals surface area contributed by atoms with E-state index in [0.717, 1.165) is 18.2 Å². The Hall–Kier alpha value is -1.84. The Balaban J connectivity index is 0.00000560. The summed E-state index contributed by atoms with van der Waals surface area (Å²) < 4.78 is 194. The van der Waals surface area contributed by atoms with Crippen molar-refractivity contribution in [2.75, 3.05) is 0 Å². The first-order chi connectivity index (χ1) is 17.5. The molecule has 3 aromatic carbocycles. The normalized spacial score (nSPS) is 13.3. The molecule has 0 atom stereocenters. The predicted octanol–water partition coefficient (Wildman–Crippen LogP) is 6.12. The van der Waals surface area contributed by atoms with E-state index in [1.165, 1.54) is 0 Å². The molecular weight excluding hydrogens is 626 g/mol. The van der Waals surface area contributed by atoms with Gasteiger partial charge in [-0.2, -0.15) is 61.1 Å². The Labute approximate surface area is 241 Å². The van der Waals surface area contributed by atoms with Crippen molar-refractivity contribution in [3.63, 3.8) is 0 Å². The van der Waals surface area contributed by atoms with Crippen LogP contribution in [0.25, 0.3) is 0 Å². The first-order valence-corrected chi connectivity index (χ1v) is 12.7. The van der Waals surface area contributed by atoms with Crippen LogP contribution in [-0.4, -0.2) is 42.5 Å². The van der Waals surface area contributed by atoms with Crippen LogP contribution in [0.3, 0.4) is 0 Å². The number of rotatable bonds is 4. The standard InChI is InChI=1S/C22H11F12O3PS.Na.H/c23-19(24,25)11-4-12(20(26,27)28)7-16(6-11)38(15-2-1-3-18(10-15)39(35,36)37)17-8-13(21(29,30)31)5-14(9-17)22(32,33)34;;/h1-10H,(H,35,36,37);;. The maximum absolute atomic E-state index is 13.5. The Morgan fingerprint density at radius 3 is 1.12 bits per heavy atom. The van der Waals surface area contributed by atoms with Crippen molar-refractivity contribution in [2.45, 2.75) is 29.6 Å². The number of hydrogen-bond donors (Lipinski definition) is 1. The van der Waals surface area contributed by atoms with Crippen molar-refractivity contribution in [3.05, 3.63) is 82.9 Å². The molecule has 214 valence electrons. The average molecular weight is 638 g/mol. The molecule has 0 aliphatic heterocycles. The van der Waals surface area contributed by atoms with Gasteiger partial charge >= 0.3 is 54.3 Å². The molecule has 0 aliphatic carbocycles. The summed E-state index contributed by atoms with van der Waals surface area (Å²) in [5.41, 5.74) is -7.63. The minimum atomic E-state index is -5.42. The first-order valence-electron chi connectivity index (χ1n) is 9.94. The zero-order valence-electron chi connectivity index (χ0n) is 18.4. The van der Waals surface area contributed by atoms with Crippen LogP contribution < -0.4 is 15.9 Å². The van der Waals surface area contributed by atoms with Gasteiger partial charge in [0.2, 0.25) is 0 Å². The van der Waals surface area contributed by atoms with E-state index in [-0.39, 0.29) is 66.0 Å². The molecule has 3 aromatic rings. The van der Waals surface area contributed by atoms with E-state index < -0.39 is 85.8 Å². The molecule has 0 aliphatic rings. The van der Waals surface area contributed by atoms with Gasteiger partial charge in [-0.05, 0) is 72.4 Å². The fourth-order valence-electron chi connectivity index (χ4n) is 3.37. The third kappa shape index (κ3) is 8.13. The Bertz CT molecular complexity index is 1360. The molecule has 0 amide bonds. The third-order valence-electron chi connectivity index (χ3n) is 5.03. The van der Waals surface area contributed by atoms with E-state index in [0.29, 0.717) is 6.07 Å². The van der Waals surface area contributed by atoms with Gasteiger partial charge in [0.1, 0.15) is 0 Å². The fraction of sp³-hybridized carbons (Fsp3) is 0.182. The molecule has 40 heavy (non-hydrogen) atoms. The Morgan fingerprint density at radius 1 is 0.525 bits per heavy atom. The van der Waals surface area contributed by atoms with Crippen LogP contribution in [0.4, 0.5) is 52.7 Å². The summed E-state index contributed by atoms with van der Waals surface area (Å²) in [5, 5.41) is -2.56. The molecule has 0 saturated carbocycles. The van der Waals surface area contributed by atoms with Gasteiger partial charge in [-0.3, -0.25) is 4.55 Å². The summed E-state index contributed by atoms with van der Waals surface area (Å²) in [5.74, 6) is 0. The SMILES string of the molecule is O=S(=O)(O)c1cccc(P(c2cc(C(F)(F)F)cc(C(F)(F)F)c2)c2cc(C(F)(F)F)cc(C(F)(F)F)c2)c1.[NaH]. The van der Waals surface area contributed by atoms with Crippen LogP contribution >= 0.6 is 7.92 Å². The summed E-state index contributed by atoms with van der Waals surface area (Å²) in [6.07, 6.45) is -21.7. The average Bonchev–Trinajstić information content (AvgIpc) is 2.76. The van der Waals surface area contributed by atoms with Crippen LogP contribution in [0, 0.1) is 0 Å². The van der Waals surface area contributed by atoms with Crippen molar-refractivity contribution in [3.8, 4) is 0 Å². The van der Waals surface area contributed by atoms with Crippen molar-refractivity contribution in [2.24, 2.45) is 0 Å². The van der Waals surface area contributed by atoms with Crippen molar-refractivity contribution >= 4 is 63.5 Å². The predicted molar refractivity (Wildman–Crippen MR) is 122 cm³/mol. The van der Waals surface area contributed by atoms with Gasteiger partial charge < -0.3 is 0 Å². The van der Waals surface area contributed by atoms with Gasteiger partial charge in [-0.1, -0.05) is 12.1 Å². The summed E-state index contributed by atoms with van der Waals surface area (Å²) in [7, 11) is -8.20. The number of alkyl halides is 12. The second-order valence-corrected chi connectivity index (χ2v) is 11.5. The van der Waals surface area contributed by atoms with Crippen molar-refractivity contribution < 1.29 is 65.7 Å². The minimum absolute atomic E-state index is 0. The molecule has 18 heteroatoms. The molecular formula is C22H12F12NaO3PS. The first kappa shape index (κ1) is 34.4. The molecule has 0 saturated heterocycles. The molecule has 1 N–H and O–H groups in total. The second kappa shape index (κ2) is 11.4. The van der Waals surface area contributed by atoms with Gasteiger partial charge in [-0.15, -0.1) is 0 Å². The van der Waals surface area contributed by atoms with Gasteiger partial charge in [0, 0.05) is 0 Å². The molecule has 0 radical (unpaired) electrons. The van der Waals surface area contributed by atoms with Gasteiger partial charge in [0.25, 0.3) is 10.1 Å². The molecule has 0 spiro atoms. The molecule has 0 bridgehead atoms. The van der Waals surface area contributed by atoms with E-state index in [4.69, 9.17) is 0 Å². The van der Waals surface area contributed by atoms with Crippen LogP contribution in [0.1, 0.15) is 22.3 Å². The number of hydrogen-bond acceptors (Lipinski definition) is 2. The van der Waals surface area contributed by atoms with Gasteiger partial charge in [-0.25, -0.2) is 0 Å². The summed E-state index contributed by atoms with van der Waals surface area (Å²) >= 11 is 0. The Morgan fingerprint density at radius 2 is 0.850 bits per heavy atom. The fourth-order valence-corrected chi connectivity index (χ4v) is 6.45. The topological polar surface area (TPSA) is 54.4 Å². The molecule has 0 fully saturated rings. The zero-order valence-corrected chi connectivity index (χ0v) is 20.1. The summed E-state index contributed by atoms with van der Waals surface area (Å²) in [6, 6.07) is 2.89. The monoisotopic (exact) mass is 638 g/mol. The van der Waals surface area contributed by atoms with Crippen LogP contribution in [0.15, 0.2) is 65.6 Å².